The Labute approximate surface area is 129 Å². The molecule has 0 aliphatic carbocycles. The van der Waals surface area contributed by atoms with Crippen LogP contribution in [0.2, 0.25) is 0 Å². The monoisotopic (exact) mass is 297 g/mol. The Balaban J connectivity index is 1.99. The van der Waals surface area contributed by atoms with Crippen LogP contribution in [0.1, 0.15) is 30.3 Å². The Bertz CT molecular complexity index is 665. The Kier molecular flexibility index (Phi) is 4.04. The average Bonchev–Trinajstić information content (AvgIpc) is 2.56. The molecule has 3 rings (SSSR count). The summed E-state index contributed by atoms with van der Waals surface area (Å²) in [6, 6.07) is 11.1. The molecule has 5 nitrogen and oxygen atoms in total. The molecule has 0 radical (unpaired) electrons. The van der Waals surface area contributed by atoms with Crippen molar-refractivity contribution < 1.29 is 9.90 Å². The number of aromatic nitrogens is 2. The van der Waals surface area contributed by atoms with Gasteiger partial charge in [-0.15, -0.1) is 0 Å². The Morgan fingerprint density at radius 2 is 1.86 bits per heavy atom. The zero-order valence-corrected chi connectivity index (χ0v) is 12.6. The molecule has 1 saturated heterocycles. The molecule has 2 aromatic rings. The summed E-state index contributed by atoms with van der Waals surface area (Å²) in [7, 11) is 0. The van der Waals surface area contributed by atoms with Crippen LogP contribution in [0.25, 0.3) is 11.4 Å². The van der Waals surface area contributed by atoms with Crippen LogP contribution in [0.5, 0.6) is 0 Å². The van der Waals surface area contributed by atoms with Gasteiger partial charge in [-0.2, -0.15) is 0 Å². The quantitative estimate of drug-likeness (QED) is 0.943. The van der Waals surface area contributed by atoms with E-state index in [9.17, 15) is 9.90 Å². The number of carbonyl (C=O) groups is 1. The molecule has 0 saturated carbocycles. The van der Waals surface area contributed by atoms with Gasteiger partial charge in [0.25, 0.3) is 0 Å². The second-order valence-corrected chi connectivity index (χ2v) is 5.78. The topological polar surface area (TPSA) is 66.3 Å². The summed E-state index contributed by atoms with van der Waals surface area (Å²) >= 11 is 0. The molecular formula is C17H19N3O2. The predicted octanol–water partition coefficient (Wildman–Crippen LogP) is 3.08. The minimum absolute atomic E-state index is 0.0440. The van der Waals surface area contributed by atoms with Crippen molar-refractivity contribution in [1.29, 1.82) is 0 Å². The molecule has 22 heavy (non-hydrogen) atoms. The molecule has 1 aliphatic rings. The maximum Gasteiger partial charge on any atom is 0.354 e. The van der Waals surface area contributed by atoms with Crippen molar-refractivity contribution in [3.63, 3.8) is 0 Å². The van der Waals surface area contributed by atoms with Gasteiger partial charge in [0.15, 0.2) is 11.5 Å². The van der Waals surface area contributed by atoms with E-state index >= 15 is 0 Å². The summed E-state index contributed by atoms with van der Waals surface area (Å²) in [6.07, 6.45) is 2.21. The first-order chi connectivity index (χ1) is 10.6. The highest BCUT2D eigenvalue weighted by Gasteiger charge is 2.20. The average molecular weight is 297 g/mol. The van der Waals surface area contributed by atoms with Gasteiger partial charge in [0, 0.05) is 24.7 Å². The SMILES string of the molecule is CC1CCN(c2cc(C(=O)O)nc(-c3ccccc3)n2)CC1. The van der Waals surface area contributed by atoms with Gasteiger partial charge in [-0.25, -0.2) is 14.8 Å². The van der Waals surface area contributed by atoms with Crippen molar-refractivity contribution in [1.82, 2.24) is 9.97 Å². The van der Waals surface area contributed by atoms with Gasteiger partial charge in [0.2, 0.25) is 0 Å². The number of hydrogen-bond donors (Lipinski definition) is 1. The van der Waals surface area contributed by atoms with Crippen LogP contribution in [-0.4, -0.2) is 34.1 Å². The standard InChI is InChI=1S/C17H19N3O2/c1-12-7-9-20(10-8-12)15-11-14(17(21)22)18-16(19-15)13-5-3-2-4-6-13/h2-6,11-12H,7-10H2,1H3,(H,21,22). The molecule has 1 aliphatic heterocycles. The molecule has 5 heteroatoms. The van der Waals surface area contributed by atoms with Crippen molar-refractivity contribution in [3.05, 3.63) is 42.1 Å². The van der Waals surface area contributed by atoms with E-state index in [1.807, 2.05) is 30.3 Å². The number of piperidine rings is 1. The fourth-order valence-corrected chi connectivity index (χ4v) is 2.66. The van der Waals surface area contributed by atoms with Gasteiger partial charge in [-0.05, 0) is 18.8 Å². The third-order valence-electron chi connectivity index (χ3n) is 4.07. The second kappa shape index (κ2) is 6.13. The number of anilines is 1. The van der Waals surface area contributed by atoms with Crippen LogP contribution >= 0.6 is 0 Å². The number of benzene rings is 1. The van der Waals surface area contributed by atoms with Crippen LogP contribution in [-0.2, 0) is 0 Å². The lowest BCUT2D eigenvalue weighted by Crippen LogP contribution is -2.33. The fraction of sp³-hybridized carbons (Fsp3) is 0.353. The molecule has 1 aromatic carbocycles. The van der Waals surface area contributed by atoms with Crippen LogP contribution < -0.4 is 4.90 Å². The summed E-state index contributed by atoms with van der Waals surface area (Å²) in [5.74, 6) is 0.865. The summed E-state index contributed by atoms with van der Waals surface area (Å²) in [5.41, 5.74) is 0.875. The van der Waals surface area contributed by atoms with Crippen molar-refractivity contribution in [2.75, 3.05) is 18.0 Å². The minimum Gasteiger partial charge on any atom is -0.477 e. The molecule has 1 fully saturated rings. The summed E-state index contributed by atoms with van der Waals surface area (Å²) in [6.45, 7) is 4.06. The van der Waals surface area contributed by atoms with Gasteiger partial charge in [-0.3, -0.25) is 0 Å². The van der Waals surface area contributed by atoms with Crippen molar-refractivity contribution in [2.24, 2.45) is 5.92 Å². The van der Waals surface area contributed by atoms with Crippen molar-refractivity contribution >= 4 is 11.8 Å². The van der Waals surface area contributed by atoms with Gasteiger partial charge in [0.1, 0.15) is 5.82 Å². The first-order valence-corrected chi connectivity index (χ1v) is 7.56. The predicted molar refractivity (Wildman–Crippen MR) is 85.0 cm³/mol. The molecule has 1 N–H and O–H groups in total. The molecule has 0 bridgehead atoms. The van der Waals surface area contributed by atoms with Gasteiger partial charge in [0.05, 0.1) is 0 Å². The lowest BCUT2D eigenvalue weighted by atomic mass is 9.99. The van der Waals surface area contributed by atoms with E-state index in [-0.39, 0.29) is 5.69 Å². The fourth-order valence-electron chi connectivity index (χ4n) is 2.66. The number of aromatic carboxylic acids is 1. The Morgan fingerprint density at radius 3 is 2.50 bits per heavy atom. The first-order valence-electron chi connectivity index (χ1n) is 7.56. The largest absolute Gasteiger partial charge is 0.477 e. The summed E-state index contributed by atoms with van der Waals surface area (Å²) in [5, 5.41) is 9.31. The first kappa shape index (κ1) is 14.5. The molecule has 1 aromatic heterocycles. The van der Waals surface area contributed by atoms with E-state index in [0.29, 0.717) is 17.6 Å². The number of nitrogens with zero attached hydrogens (tertiary/aromatic N) is 3. The van der Waals surface area contributed by atoms with Crippen LogP contribution in [0.15, 0.2) is 36.4 Å². The maximum absolute atomic E-state index is 11.4. The highest BCUT2D eigenvalue weighted by Crippen LogP contribution is 2.24. The molecule has 0 unspecified atom stereocenters. The highest BCUT2D eigenvalue weighted by molar-refractivity contribution is 5.87. The molecular weight excluding hydrogens is 278 g/mol. The van der Waals surface area contributed by atoms with Crippen molar-refractivity contribution in [3.8, 4) is 11.4 Å². The van der Waals surface area contributed by atoms with Gasteiger partial charge < -0.3 is 10.0 Å². The third kappa shape index (κ3) is 3.08. The lowest BCUT2D eigenvalue weighted by molar-refractivity contribution is 0.0690. The van der Waals surface area contributed by atoms with Crippen LogP contribution in [0.3, 0.4) is 0 Å². The minimum atomic E-state index is -1.02. The van der Waals surface area contributed by atoms with Gasteiger partial charge >= 0.3 is 5.97 Å². The molecule has 0 spiro atoms. The molecule has 114 valence electrons. The van der Waals surface area contributed by atoms with E-state index in [2.05, 4.69) is 21.8 Å². The zero-order valence-electron chi connectivity index (χ0n) is 12.6. The normalized spacial score (nSPS) is 15.8. The van der Waals surface area contributed by atoms with Crippen LogP contribution in [0, 0.1) is 5.92 Å². The molecule has 2 heterocycles. The maximum atomic E-state index is 11.4. The zero-order chi connectivity index (χ0) is 15.5. The van der Waals surface area contributed by atoms with Crippen molar-refractivity contribution in [2.45, 2.75) is 19.8 Å². The number of rotatable bonds is 3. The van der Waals surface area contributed by atoms with Gasteiger partial charge in [-0.1, -0.05) is 37.3 Å². The lowest BCUT2D eigenvalue weighted by Gasteiger charge is -2.31. The van der Waals surface area contributed by atoms with E-state index in [4.69, 9.17) is 0 Å². The number of carboxylic acids is 1. The second-order valence-electron chi connectivity index (χ2n) is 5.78. The van der Waals surface area contributed by atoms with E-state index in [1.54, 1.807) is 6.07 Å². The smallest absolute Gasteiger partial charge is 0.354 e. The Morgan fingerprint density at radius 1 is 1.18 bits per heavy atom. The highest BCUT2D eigenvalue weighted by atomic mass is 16.4. The summed E-state index contributed by atoms with van der Waals surface area (Å²) < 4.78 is 0. The van der Waals surface area contributed by atoms with Crippen LogP contribution in [0.4, 0.5) is 5.82 Å². The summed E-state index contributed by atoms with van der Waals surface area (Å²) in [4.78, 5) is 22.3. The van der Waals surface area contributed by atoms with E-state index < -0.39 is 5.97 Å². The third-order valence-corrected chi connectivity index (χ3v) is 4.07. The molecule has 0 amide bonds. The van der Waals surface area contributed by atoms with E-state index in [0.717, 1.165) is 31.5 Å². The van der Waals surface area contributed by atoms with E-state index in [1.165, 1.54) is 0 Å². The molecule has 0 atom stereocenters. The number of hydrogen-bond acceptors (Lipinski definition) is 4. The Hall–Kier alpha value is -2.43. The number of carboxylic acid groups (broad SMARTS) is 1.